The van der Waals surface area contributed by atoms with E-state index >= 15 is 0 Å². The summed E-state index contributed by atoms with van der Waals surface area (Å²) < 4.78 is 26.1. The van der Waals surface area contributed by atoms with Crippen molar-refractivity contribution in [3.8, 4) is 5.69 Å². The van der Waals surface area contributed by atoms with Crippen LogP contribution in [0.3, 0.4) is 0 Å². The van der Waals surface area contributed by atoms with Crippen molar-refractivity contribution in [1.29, 1.82) is 0 Å². The van der Waals surface area contributed by atoms with Crippen molar-refractivity contribution < 1.29 is 13.2 Å². The van der Waals surface area contributed by atoms with Gasteiger partial charge in [0.25, 0.3) is 0 Å². The first-order chi connectivity index (χ1) is 13.0. The molecule has 0 aliphatic carbocycles. The van der Waals surface area contributed by atoms with Crippen molar-refractivity contribution in [2.75, 3.05) is 16.8 Å². The number of benzene rings is 2. The highest BCUT2D eigenvalue weighted by Crippen LogP contribution is 2.24. The van der Waals surface area contributed by atoms with Crippen molar-refractivity contribution in [1.82, 2.24) is 9.55 Å². The Morgan fingerprint density at radius 2 is 1.74 bits per heavy atom. The predicted octanol–water partition coefficient (Wildman–Crippen LogP) is 3.57. The minimum Gasteiger partial charge on any atom is -0.295 e. The van der Waals surface area contributed by atoms with Crippen LogP contribution in [0, 0.1) is 0 Å². The Labute approximate surface area is 159 Å². The van der Waals surface area contributed by atoms with E-state index in [0.29, 0.717) is 12.4 Å². The summed E-state index contributed by atoms with van der Waals surface area (Å²) in [6.45, 7) is 2.01. The van der Waals surface area contributed by atoms with Crippen molar-refractivity contribution in [3.63, 3.8) is 0 Å². The van der Waals surface area contributed by atoms with Gasteiger partial charge in [0.1, 0.15) is 5.75 Å². The Morgan fingerprint density at radius 3 is 2.48 bits per heavy atom. The van der Waals surface area contributed by atoms with Crippen LogP contribution in [-0.4, -0.2) is 35.4 Å². The van der Waals surface area contributed by atoms with Crippen molar-refractivity contribution in [2.45, 2.75) is 26.2 Å². The number of unbranched alkanes of at least 4 members (excludes halogenated alkanes) is 2. The van der Waals surface area contributed by atoms with Crippen LogP contribution in [0.15, 0.2) is 54.6 Å². The SMILES string of the molecule is CCCCCS(=O)(=O)CC(=O)Nc1nc2ccccc2n1-c1ccccc1. The van der Waals surface area contributed by atoms with Crippen LogP contribution >= 0.6 is 0 Å². The molecule has 0 saturated carbocycles. The topological polar surface area (TPSA) is 81.1 Å². The third-order valence-corrected chi connectivity index (χ3v) is 5.85. The molecule has 1 amide bonds. The first kappa shape index (κ1) is 19.1. The molecule has 1 N–H and O–H groups in total. The number of hydrogen-bond acceptors (Lipinski definition) is 4. The fourth-order valence-electron chi connectivity index (χ4n) is 2.95. The number of carbonyl (C=O) groups is 1. The Hall–Kier alpha value is -2.67. The highest BCUT2D eigenvalue weighted by Gasteiger charge is 2.19. The van der Waals surface area contributed by atoms with Crippen LogP contribution in [0.4, 0.5) is 5.95 Å². The summed E-state index contributed by atoms with van der Waals surface area (Å²) in [5, 5.41) is 2.68. The summed E-state index contributed by atoms with van der Waals surface area (Å²) in [4.78, 5) is 16.8. The lowest BCUT2D eigenvalue weighted by Crippen LogP contribution is -2.26. The molecule has 0 unspecified atom stereocenters. The summed E-state index contributed by atoms with van der Waals surface area (Å²) in [6.07, 6.45) is 2.35. The van der Waals surface area contributed by atoms with E-state index < -0.39 is 21.5 Å². The minimum absolute atomic E-state index is 0.0311. The molecular formula is C20H23N3O3S. The number of anilines is 1. The Morgan fingerprint density at radius 1 is 1.04 bits per heavy atom. The predicted molar refractivity (Wildman–Crippen MR) is 108 cm³/mol. The van der Waals surface area contributed by atoms with Gasteiger partial charge >= 0.3 is 0 Å². The number of rotatable bonds is 8. The number of imidazole rings is 1. The molecule has 3 rings (SSSR count). The zero-order chi connectivity index (χ0) is 19.3. The molecule has 0 bridgehead atoms. The van der Waals surface area contributed by atoms with Gasteiger partial charge in [-0.3, -0.25) is 14.7 Å². The van der Waals surface area contributed by atoms with E-state index in [4.69, 9.17) is 0 Å². The van der Waals surface area contributed by atoms with Gasteiger partial charge in [-0.1, -0.05) is 50.1 Å². The molecule has 142 valence electrons. The van der Waals surface area contributed by atoms with Gasteiger partial charge in [-0.25, -0.2) is 13.4 Å². The molecule has 3 aromatic rings. The van der Waals surface area contributed by atoms with Crippen molar-refractivity contribution in [2.24, 2.45) is 0 Å². The van der Waals surface area contributed by atoms with E-state index in [2.05, 4.69) is 10.3 Å². The van der Waals surface area contributed by atoms with Gasteiger partial charge in [-0.15, -0.1) is 0 Å². The second-order valence-corrected chi connectivity index (χ2v) is 8.63. The summed E-state index contributed by atoms with van der Waals surface area (Å²) >= 11 is 0. The standard InChI is InChI=1S/C20H23N3O3S/c1-2-3-9-14-27(25,26)15-19(24)22-20-21-17-12-7-8-13-18(17)23(20)16-10-5-4-6-11-16/h4-8,10-13H,2-3,9,14-15H2,1H3,(H,21,22,24). The second kappa shape index (κ2) is 8.35. The van der Waals surface area contributed by atoms with Crippen LogP contribution in [-0.2, 0) is 14.6 Å². The van der Waals surface area contributed by atoms with Crippen LogP contribution < -0.4 is 5.32 Å². The molecule has 2 aromatic carbocycles. The Bertz CT molecular complexity index is 1030. The maximum Gasteiger partial charge on any atom is 0.241 e. The maximum absolute atomic E-state index is 12.4. The zero-order valence-electron chi connectivity index (χ0n) is 15.3. The first-order valence-electron chi connectivity index (χ1n) is 9.03. The lowest BCUT2D eigenvalue weighted by Gasteiger charge is -2.10. The van der Waals surface area contributed by atoms with Gasteiger partial charge in [0.2, 0.25) is 11.9 Å². The number of nitrogens with zero attached hydrogens (tertiary/aromatic N) is 2. The van der Waals surface area contributed by atoms with Crippen LogP contribution in [0.2, 0.25) is 0 Å². The molecular weight excluding hydrogens is 362 g/mol. The maximum atomic E-state index is 12.4. The van der Waals surface area contributed by atoms with E-state index in [1.807, 2.05) is 66.1 Å². The van der Waals surface area contributed by atoms with Crippen molar-refractivity contribution >= 4 is 32.7 Å². The second-order valence-electron chi connectivity index (χ2n) is 6.44. The molecule has 1 aromatic heterocycles. The fraction of sp³-hybridized carbons (Fsp3) is 0.300. The lowest BCUT2D eigenvalue weighted by molar-refractivity contribution is -0.113. The number of nitrogens with one attached hydrogen (secondary N) is 1. The van der Waals surface area contributed by atoms with Gasteiger partial charge in [-0.05, 0) is 30.7 Å². The molecule has 1 heterocycles. The molecule has 0 atom stereocenters. The average molecular weight is 385 g/mol. The van der Waals surface area contributed by atoms with Gasteiger partial charge in [0.05, 0.1) is 16.8 Å². The smallest absolute Gasteiger partial charge is 0.241 e. The van der Waals surface area contributed by atoms with Crippen molar-refractivity contribution in [3.05, 3.63) is 54.6 Å². The molecule has 0 aliphatic rings. The molecule has 0 spiro atoms. The summed E-state index contributed by atoms with van der Waals surface area (Å²) in [5.74, 6) is -0.756. The van der Waals surface area contributed by atoms with E-state index in [1.165, 1.54) is 0 Å². The zero-order valence-corrected chi connectivity index (χ0v) is 16.1. The molecule has 7 heteroatoms. The average Bonchev–Trinajstić information content (AvgIpc) is 2.99. The minimum atomic E-state index is -3.43. The van der Waals surface area contributed by atoms with Crippen LogP contribution in [0.25, 0.3) is 16.7 Å². The molecule has 0 fully saturated rings. The van der Waals surface area contributed by atoms with E-state index in [1.54, 1.807) is 0 Å². The van der Waals surface area contributed by atoms with Gasteiger partial charge in [-0.2, -0.15) is 0 Å². The number of amides is 1. The van der Waals surface area contributed by atoms with Gasteiger partial charge < -0.3 is 0 Å². The molecule has 0 saturated heterocycles. The molecule has 0 radical (unpaired) electrons. The van der Waals surface area contributed by atoms with E-state index in [9.17, 15) is 13.2 Å². The summed E-state index contributed by atoms with van der Waals surface area (Å²) in [6, 6.07) is 17.0. The number of hydrogen-bond donors (Lipinski definition) is 1. The lowest BCUT2D eigenvalue weighted by atomic mass is 10.3. The monoisotopic (exact) mass is 385 g/mol. The number of carbonyl (C=O) groups excluding carboxylic acids is 1. The molecule has 0 aliphatic heterocycles. The normalized spacial score (nSPS) is 11.6. The van der Waals surface area contributed by atoms with Gasteiger partial charge in [0, 0.05) is 5.69 Å². The third-order valence-electron chi connectivity index (χ3n) is 4.24. The molecule has 6 nitrogen and oxygen atoms in total. The third kappa shape index (κ3) is 4.74. The summed E-state index contributed by atoms with van der Waals surface area (Å²) in [7, 11) is -3.43. The number of aromatic nitrogens is 2. The Kier molecular flexibility index (Phi) is 5.91. The summed E-state index contributed by atoms with van der Waals surface area (Å²) in [5.41, 5.74) is 2.40. The number of fused-ring (bicyclic) bond motifs is 1. The van der Waals surface area contributed by atoms with E-state index in [0.717, 1.165) is 29.6 Å². The molecule has 27 heavy (non-hydrogen) atoms. The van der Waals surface area contributed by atoms with Gasteiger partial charge in [0.15, 0.2) is 9.84 Å². The van der Waals surface area contributed by atoms with E-state index in [-0.39, 0.29) is 5.75 Å². The number of para-hydroxylation sites is 3. The first-order valence-corrected chi connectivity index (χ1v) is 10.9. The highest BCUT2D eigenvalue weighted by molar-refractivity contribution is 7.92. The number of sulfone groups is 1. The fourth-order valence-corrected chi connectivity index (χ4v) is 4.21. The Balaban J connectivity index is 1.86. The highest BCUT2D eigenvalue weighted by atomic mass is 32.2. The van der Waals surface area contributed by atoms with Crippen LogP contribution in [0.1, 0.15) is 26.2 Å². The quantitative estimate of drug-likeness (QED) is 0.601. The largest absolute Gasteiger partial charge is 0.295 e. The van der Waals surface area contributed by atoms with Crippen LogP contribution in [0.5, 0.6) is 0 Å².